The Morgan fingerprint density at radius 2 is 1.72 bits per heavy atom. The van der Waals surface area contributed by atoms with Crippen LogP contribution in [0.2, 0.25) is 0 Å². The molecule has 0 radical (unpaired) electrons. The van der Waals surface area contributed by atoms with E-state index in [1.165, 1.54) is 7.11 Å². The second-order valence-electron chi connectivity index (χ2n) is 7.47. The fourth-order valence-corrected chi connectivity index (χ4v) is 4.76. The van der Waals surface area contributed by atoms with E-state index in [0.717, 1.165) is 18.4 Å². The Kier molecular flexibility index (Phi) is 6.56. The standard InChI is InChI=1S/C21H27N3O4S/c1-28-19-10-6-5-9-18(19)20(25)23-15-21(16-7-3-2-4-8-16)13-11-17(12-14-21)24-29(22,26)27/h2-10,17,24H,11-15H2,1H3,(H,23,25)(H2,22,26,27)/t17-,21-. The monoisotopic (exact) mass is 417 g/mol. The number of nitrogens with one attached hydrogen (secondary N) is 2. The van der Waals surface area contributed by atoms with Gasteiger partial charge in [-0.05, 0) is 43.4 Å². The molecule has 1 amide bonds. The molecule has 7 nitrogen and oxygen atoms in total. The molecule has 2 aromatic rings. The minimum absolute atomic E-state index is 0.188. The van der Waals surface area contributed by atoms with Gasteiger partial charge < -0.3 is 10.1 Å². The largest absolute Gasteiger partial charge is 0.496 e. The Bertz CT molecular complexity index is 939. The van der Waals surface area contributed by atoms with E-state index in [1.807, 2.05) is 24.3 Å². The highest BCUT2D eigenvalue weighted by atomic mass is 32.2. The first-order valence-corrected chi connectivity index (χ1v) is 11.1. The number of carbonyl (C=O) groups excluding carboxylic acids is 1. The highest BCUT2D eigenvalue weighted by Gasteiger charge is 2.38. The van der Waals surface area contributed by atoms with Gasteiger partial charge in [0.05, 0.1) is 12.7 Å². The van der Waals surface area contributed by atoms with Crippen LogP contribution >= 0.6 is 0 Å². The van der Waals surface area contributed by atoms with Crippen molar-refractivity contribution in [2.75, 3.05) is 13.7 Å². The molecule has 0 aromatic heterocycles. The first-order chi connectivity index (χ1) is 13.8. The van der Waals surface area contributed by atoms with Crippen molar-refractivity contribution < 1.29 is 17.9 Å². The number of hydrogen-bond donors (Lipinski definition) is 3. The van der Waals surface area contributed by atoms with Crippen molar-refractivity contribution in [3.05, 3.63) is 65.7 Å². The van der Waals surface area contributed by atoms with Crippen molar-refractivity contribution in [1.82, 2.24) is 10.0 Å². The van der Waals surface area contributed by atoms with Crippen LogP contribution in [0.25, 0.3) is 0 Å². The minimum Gasteiger partial charge on any atom is -0.496 e. The Morgan fingerprint density at radius 3 is 2.34 bits per heavy atom. The van der Waals surface area contributed by atoms with Crippen LogP contribution in [0.1, 0.15) is 41.6 Å². The van der Waals surface area contributed by atoms with Gasteiger partial charge in [-0.15, -0.1) is 0 Å². The van der Waals surface area contributed by atoms with Gasteiger partial charge in [-0.2, -0.15) is 13.1 Å². The maximum Gasteiger partial charge on any atom is 0.274 e. The van der Waals surface area contributed by atoms with Gasteiger partial charge in [0.1, 0.15) is 5.75 Å². The molecule has 156 valence electrons. The molecule has 8 heteroatoms. The summed E-state index contributed by atoms with van der Waals surface area (Å²) in [6, 6.07) is 17.0. The number of carbonyl (C=O) groups is 1. The molecular weight excluding hydrogens is 390 g/mol. The van der Waals surface area contributed by atoms with E-state index >= 15 is 0 Å². The average Bonchev–Trinajstić information content (AvgIpc) is 2.73. The zero-order valence-corrected chi connectivity index (χ0v) is 17.2. The molecular formula is C21H27N3O4S. The molecule has 1 saturated carbocycles. The third-order valence-electron chi connectivity index (χ3n) is 5.60. The predicted octanol–water partition coefficient (Wildman–Crippen LogP) is 2.10. The average molecular weight is 418 g/mol. The van der Waals surface area contributed by atoms with Crippen LogP contribution < -0.4 is 19.9 Å². The van der Waals surface area contributed by atoms with Gasteiger partial charge in [0, 0.05) is 18.0 Å². The molecule has 0 heterocycles. The maximum atomic E-state index is 12.8. The molecule has 2 aromatic carbocycles. The summed E-state index contributed by atoms with van der Waals surface area (Å²) in [4.78, 5) is 12.8. The third kappa shape index (κ3) is 5.35. The lowest BCUT2D eigenvalue weighted by Crippen LogP contribution is -2.48. The second-order valence-corrected chi connectivity index (χ2v) is 8.79. The van der Waals surface area contributed by atoms with Gasteiger partial charge in [-0.3, -0.25) is 4.79 Å². The van der Waals surface area contributed by atoms with E-state index < -0.39 is 10.2 Å². The minimum atomic E-state index is -3.73. The Hall–Kier alpha value is -2.42. The molecule has 0 atom stereocenters. The van der Waals surface area contributed by atoms with Gasteiger partial charge in [0.2, 0.25) is 0 Å². The van der Waals surface area contributed by atoms with Crippen LogP contribution in [-0.4, -0.2) is 34.0 Å². The van der Waals surface area contributed by atoms with Crippen LogP contribution in [0.3, 0.4) is 0 Å². The highest BCUT2D eigenvalue weighted by Crippen LogP contribution is 2.39. The summed E-state index contributed by atoms with van der Waals surface area (Å²) in [5.41, 5.74) is 1.35. The molecule has 1 fully saturated rings. The third-order valence-corrected chi connectivity index (χ3v) is 6.26. The summed E-state index contributed by atoms with van der Waals surface area (Å²) in [6.07, 6.45) is 2.76. The van der Waals surface area contributed by atoms with Crippen LogP contribution in [0, 0.1) is 0 Å². The summed E-state index contributed by atoms with van der Waals surface area (Å²) >= 11 is 0. The van der Waals surface area contributed by atoms with Crippen LogP contribution in [-0.2, 0) is 15.6 Å². The maximum absolute atomic E-state index is 12.8. The molecule has 4 N–H and O–H groups in total. The topological polar surface area (TPSA) is 111 Å². The molecule has 1 aliphatic carbocycles. The van der Waals surface area contributed by atoms with Gasteiger partial charge in [0.25, 0.3) is 16.1 Å². The molecule has 0 saturated heterocycles. The number of nitrogens with two attached hydrogens (primary N) is 1. The fraction of sp³-hybridized carbons (Fsp3) is 0.381. The number of ether oxygens (including phenoxy) is 1. The van der Waals surface area contributed by atoms with E-state index in [0.29, 0.717) is 30.7 Å². The quantitative estimate of drug-likeness (QED) is 0.641. The van der Waals surface area contributed by atoms with Crippen molar-refractivity contribution in [2.24, 2.45) is 5.14 Å². The Balaban J connectivity index is 1.76. The number of methoxy groups -OCH3 is 1. The number of rotatable bonds is 7. The lowest BCUT2D eigenvalue weighted by molar-refractivity contribution is 0.0932. The van der Waals surface area contributed by atoms with E-state index in [4.69, 9.17) is 9.88 Å². The smallest absolute Gasteiger partial charge is 0.274 e. The van der Waals surface area contributed by atoms with Crippen LogP contribution in [0.15, 0.2) is 54.6 Å². The summed E-state index contributed by atoms with van der Waals surface area (Å²) in [5, 5.41) is 8.19. The van der Waals surface area contributed by atoms with Crippen molar-refractivity contribution in [1.29, 1.82) is 0 Å². The highest BCUT2D eigenvalue weighted by molar-refractivity contribution is 7.87. The molecule has 0 bridgehead atoms. The lowest BCUT2D eigenvalue weighted by atomic mass is 9.68. The van der Waals surface area contributed by atoms with Crippen LogP contribution in [0.4, 0.5) is 0 Å². The summed E-state index contributed by atoms with van der Waals surface area (Å²) < 4.78 is 30.5. The fourth-order valence-electron chi connectivity index (χ4n) is 4.06. The van der Waals surface area contributed by atoms with E-state index in [9.17, 15) is 13.2 Å². The molecule has 29 heavy (non-hydrogen) atoms. The number of benzene rings is 2. The van der Waals surface area contributed by atoms with Crippen molar-refractivity contribution >= 4 is 16.1 Å². The van der Waals surface area contributed by atoms with Gasteiger partial charge in [-0.25, -0.2) is 5.14 Å². The molecule has 3 rings (SSSR count). The summed E-state index contributed by atoms with van der Waals surface area (Å²) in [5.74, 6) is 0.336. The number of amides is 1. The molecule has 0 spiro atoms. The SMILES string of the molecule is COc1ccccc1C(=O)NC[C@]1(c2ccccc2)CC[C@H](NS(N)(=O)=O)CC1. The van der Waals surface area contributed by atoms with Gasteiger partial charge in [-0.1, -0.05) is 42.5 Å². The first kappa shape index (κ1) is 21.3. The predicted molar refractivity (Wildman–Crippen MR) is 112 cm³/mol. The van der Waals surface area contributed by atoms with E-state index in [2.05, 4.69) is 22.2 Å². The molecule has 0 unspecified atom stereocenters. The van der Waals surface area contributed by atoms with E-state index in [1.54, 1.807) is 18.2 Å². The normalized spacial score (nSPS) is 22.1. The number of hydrogen-bond acceptors (Lipinski definition) is 4. The number of para-hydroxylation sites is 1. The Morgan fingerprint density at radius 1 is 1.10 bits per heavy atom. The van der Waals surface area contributed by atoms with Crippen molar-refractivity contribution in [2.45, 2.75) is 37.1 Å². The summed E-state index contributed by atoms with van der Waals surface area (Å²) in [7, 11) is -2.19. The van der Waals surface area contributed by atoms with Gasteiger partial charge in [0.15, 0.2) is 0 Å². The first-order valence-electron chi connectivity index (χ1n) is 9.60. The Labute approximate surface area is 171 Å². The lowest BCUT2D eigenvalue weighted by Gasteiger charge is -2.41. The van der Waals surface area contributed by atoms with Crippen molar-refractivity contribution in [3.63, 3.8) is 0 Å². The zero-order chi connectivity index (χ0) is 20.9. The molecule has 0 aliphatic heterocycles. The zero-order valence-electron chi connectivity index (χ0n) is 16.4. The van der Waals surface area contributed by atoms with Crippen molar-refractivity contribution in [3.8, 4) is 5.75 Å². The second kappa shape index (κ2) is 8.94. The summed E-state index contributed by atoms with van der Waals surface area (Å²) in [6.45, 7) is 0.454. The van der Waals surface area contributed by atoms with Gasteiger partial charge >= 0.3 is 0 Å². The molecule has 1 aliphatic rings. The van der Waals surface area contributed by atoms with Crippen LogP contribution in [0.5, 0.6) is 5.75 Å². The van der Waals surface area contributed by atoms with E-state index in [-0.39, 0.29) is 17.4 Å².